The van der Waals surface area contributed by atoms with E-state index < -0.39 is 18.2 Å². The van der Waals surface area contributed by atoms with E-state index in [0.29, 0.717) is 12.3 Å². The van der Waals surface area contributed by atoms with Crippen LogP contribution in [0.3, 0.4) is 0 Å². The first-order chi connectivity index (χ1) is 9.04. The number of benzene rings is 1. The maximum atomic E-state index is 13.4. The van der Waals surface area contributed by atoms with Gasteiger partial charge in [0, 0.05) is 18.2 Å². The van der Waals surface area contributed by atoms with Gasteiger partial charge in [-0.05, 0) is 31.1 Å². The van der Waals surface area contributed by atoms with Crippen LogP contribution in [0.1, 0.15) is 6.42 Å². The van der Waals surface area contributed by atoms with Crippen molar-refractivity contribution in [3.05, 3.63) is 24.0 Å². The van der Waals surface area contributed by atoms with Gasteiger partial charge in [-0.25, -0.2) is 4.39 Å². The molecule has 0 saturated carbocycles. The summed E-state index contributed by atoms with van der Waals surface area (Å²) in [6.45, 7) is -1.49. The highest BCUT2D eigenvalue weighted by Crippen LogP contribution is 2.23. The fourth-order valence-electron chi connectivity index (χ4n) is 1.74. The number of hydrogen-bond acceptors (Lipinski definition) is 3. The van der Waals surface area contributed by atoms with Crippen molar-refractivity contribution in [3.8, 4) is 5.75 Å². The Morgan fingerprint density at radius 3 is 2.74 bits per heavy atom. The van der Waals surface area contributed by atoms with Gasteiger partial charge in [0.25, 0.3) is 0 Å². The minimum Gasteiger partial charge on any atom is -0.432 e. The first kappa shape index (κ1) is 13.7. The third-order valence-electron chi connectivity index (χ3n) is 2.77. The number of hydrogen-bond donors (Lipinski definition) is 2. The summed E-state index contributed by atoms with van der Waals surface area (Å²) in [6, 6.07) is 3.33. The van der Waals surface area contributed by atoms with Gasteiger partial charge in [-0.2, -0.15) is 8.78 Å². The van der Waals surface area contributed by atoms with Crippen molar-refractivity contribution in [1.82, 2.24) is 5.32 Å². The van der Waals surface area contributed by atoms with E-state index in [1.165, 1.54) is 6.07 Å². The smallest absolute Gasteiger partial charge is 0.387 e. The molecule has 1 saturated heterocycles. The molecular weight excluding hydrogens is 261 g/mol. The molecule has 1 aliphatic heterocycles. The highest BCUT2D eigenvalue weighted by molar-refractivity contribution is 5.91. The SMILES string of the molecule is O=C(CC1CNC1)Nc1ccc(OC(F)F)c(F)c1. The van der Waals surface area contributed by atoms with Gasteiger partial charge in [-0.15, -0.1) is 0 Å². The highest BCUT2D eigenvalue weighted by atomic mass is 19.3. The van der Waals surface area contributed by atoms with Crippen LogP contribution in [0.2, 0.25) is 0 Å². The molecule has 19 heavy (non-hydrogen) atoms. The fraction of sp³-hybridized carbons (Fsp3) is 0.417. The molecule has 0 aliphatic carbocycles. The molecule has 1 aliphatic rings. The number of ether oxygens (including phenoxy) is 1. The molecule has 104 valence electrons. The number of anilines is 1. The van der Waals surface area contributed by atoms with Crippen LogP contribution in [-0.4, -0.2) is 25.6 Å². The number of halogens is 3. The number of carbonyl (C=O) groups is 1. The van der Waals surface area contributed by atoms with E-state index in [1.54, 1.807) is 0 Å². The van der Waals surface area contributed by atoms with Gasteiger partial charge in [0.05, 0.1) is 0 Å². The lowest BCUT2D eigenvalue weighted by Crippen LogP contribution is -2.43. The van der Waals surface area contributed by atoms with Crippen LogP contribution in [0.25, 0.3) is 0 Å². The van der Waals surface area contributed by atoms with Gasteiger partial charge in [0.15, 0.2) is 11.6 Å². The Kier molecular flexibility index (Phi) is 4.26. The largest absolute Gasteiger partial charge is 0.432 e. The Balaban J connectivity index is 1.93. The molecule has 0 spiro atoms. The summed E-state index contributed by atoms with van der Waals surface area (Å²) >= 11 is 0. The summed E-state index contributed by atoms with van der Waals surface area (Å²) in [7, 11) is 0. The second-order valence-electron chi connectivity index (χ2n) is 4.30. The Labute approximate surface area is 107 Å². The molecule has 0 bridgehead atoms. The molecule has 0 aromatic heterocycles. The Bertz CT molecular complexity index is 464. The van der Waals surface area contributed by atoms with Crippen molar-refractivity contribution >= 4 is 11.6 Å². The van der Waals surface area contributed by atoms with Crippen molar-refractivity contribution in [2.75, 3.05) is 18.4 Å². The zero-order chi connectivity index (χ0) is 13.8. The predicted octanol–water partition coefficient (Wildman–Crippen LogP) is 1.98. The molecule has 2 rings (SSSR count). The molecule has 0 unspecified atom stereocenters. The molecule has 2 N–H and O–H groups in total. The average molecular weight is 274 g/mol. The maximum Gasteiger partial charge on any atom is 0.387 e. The van der Waals surface area contributed by atoms with Crippen molar-refractivity contribution in [1.29, 1.82) is 0 Å². The van der Waals surface area contributed by atoms with Gasteiger partial charge >= 0.3 is 6.61 Å². The standard InChI is InChI=1S/C12H13F3N2O2/c13-9-4-8(1-2-10(9)19-12(14)15)17-11(18)3-7-5-16-6-7/h1-2,4,7,12,16H,3,5-6H2,(H,17,18). The number of amides is 1. The van der Waals surface area contributed by atoms with Gasteiger partial charge < -0.3 is 15.4 Å². The molecule has 1 aromatic carbocycles. The van der Waals surface area contributed by atoms with E-state index in [9.17, 15) is 18.0 Å². The van der Waals surface area contributed by atoms with Crippen molar-refractivity contribution in [2.24, 2.45) is 5.92 Å². The normalized spacial score (nSPS) is 15.2. The van der Waals surface area contributed by atoms with Gasteiger partial charge in [-0.1, -0.05) is 0 Å². The summed E-state index contributed by atoms with van der Waals surface area (Å²) in [5.74, 6) is -1.42. The molecule has 1 amide bonds. The lowest BCUT2D eigenvalue weighted by Gasteiger charge is -2.26. The van der Waals surface area contributed by atoms with Crippen molar-refractivity contribution < 1.29 is 22.7 Å². The first-order valence-electron chi connectivity index (χ1n) is 5.79. The summed E-state index contributed by atoms with van der Waals surface area (Å²) in [6.07, 6.45) is 0.351. The quantitative estimate of drug-likeness (QED) is 0.863. The van der Waals surface area contributed by atoms with E-state index in [4.69, 9.17) is 0 Å². The lowest BCUT2D eigenvalue weighted by molar-refractivity contribution is -0.117. The van der Waals surface area contributed by atoms with Gasteiger partial charge in [-0.3, -0.25) is 4.79 Å². The van der Waals surface area contributed by atoms with Crippen molar-refractivity contribution in [3.63, 3.8) is 0 Å². The van der Waals surface area contributed by atoms with E-state index in [2.05, 4.69) is 15.4 Å². The second kappa shape index (κ2) is 5.92. The predicted molar refractivity (Wildman–Crippen MR) is 62.6 cm³/mol. The molecule has 1 heterocycles. The van der Waals surface area contributed by atoms with Crippen LogP contribution in [0.15, 0.2) is 18.2 Å². The Morgan fingerprint density at radius 1 is 1.47 bits per heavy atom. The molecule has 0 atom stereocenters. The monoisotopic (exact) mass is 274 g/mol. The minimum absolute atomic E-state index is 0.219. The maximum absolute atomic E-state index is 13.4. The topological polar surface area (TPSA) is 50.4 Å². The number of nitrogens with one attached hydrogen (secondary N) is 2. The third kappa shape index (κ3) is 3.85. The Morgan fingerprint density at radius 2 is 2.21 bits per heavy atom. The van der Waals surface area contributed by atoms with E-state index >= 15 is 0 Å². The van der Waals surface area contributed by atoms with E-state index in [1.807, 2.05) is 0 Å². The molecule has 4 nitrogen and oxygen atoms in total. The third-order valence-corrected chi connectivity index (χ3v) is 2.77. The van der Waals surface area contributed by atoms with Crippen LogP contribution in [0, 0.1) is 11.7 Å². The van der Waals surface area contributed by atoms with E-state index in [0.717, 1.165) is 25.2 Å². The van der Waals surface area contributed by atoms with Crippen LogP contribution >= 0.6 is 0 Å². The van der Waals surface area contributed by atoms with Crippen LogP contribution < -0.4 is 15.4 Å². The van der Waals surface area contributed by atoms with E-state index in [-0.39, 0.29) is 11.6 Å². The minimum atomic E-state index is -3.08. The van der Waals surface area contributed by atoms with Gasteiger partial charge in [0.1, 0.15) is 0 Å². The molecule has 1 fully saturated rings. The zero-order valence-electron chi connectivity index (χ0n) is 9.96. The second-order valence-corrected chi connectivity index (χ2v) is 4.30. The fourth-order valence-corrected chi connectivity index (χ4v) is 1.74. The Hall–Kier alpha value is -1.76. The number of carbonyl (C=O) groups excluding carboxylic acids is 1. The highest BCUT2D eigenvalue weighted by Gasteiger charge is 2.20. The molecule has 7 heteroatoms. The zero-order valence-corrected chi connectivity index (χ0v) is 9.96. The van der Waals surface area contributed by atoms with Crippen LogP contribution in [0.5, 0.6) is 5.75 Å². The van der Waals surface area contributed by atoms with Gasteiger partial charge in [0.2, 0.25) is 5.91 Å². The number of alkyl halides is 2. The van der Waals surface area contributed by atoms with Crippen LogP contribution in [0.4, 0.5) is 18.9 Å². The summed E-state index contributed by atoms with van der Waals surface area (Å²) in [4.78, 5) is 11.6. The lowest BCUT2D eigenvalue weighted by atomic mass is 9.99. The summed E-state index contributed by atoms with van der Waals surface area (Å²) < 4.78 is 41.2. The molecule has 0 radical (unpaired) electrons. The molecular formula is C12H13F3N2O2. The number of rotatable bonds is 5. The summed E-state index contributed by atoms with van der Waals surface area (Å²) in [5.41, 5.74) is 0.219. The molecule has 1 aromatic rings. The summed E-state index contributed by atoms with van der Waals surface area (Å²) in [5, 5.41) is 5.55. The van der Waals surface area contributed by atoms with Crippen molar-refractivity contribution in [2.45, 2.75) is 13.0 Å². The first-order valence-corrected chi connectivity index (χ1v) is 5.79. The van der Waals surface area contributed by atoms with Crippen LogP contribution in [-0.2, 0) is 4.79 Å². The average Bonchev–Trinajstić information content (AvgIpc) is 2.27.